The average Bonchev–Trinajstić information content (AvgIpc) is 0.923. The van der Waals surface area contributed by atoms with Gasteiger partial charge in [0, 0.05) is 104 Å². The van der Waals surface area contributed by atoms with Crippen LogP contribution in [-0.4, -0.2) is 275 Å². The molecule has 0 spiro atoms. The quantitative estimate of drug-likeness (QED) is 0.0117. The topological polar surface area (TPSA) is 494 Å². The van der Waals surface area contributed by atoms with Crippen LogP contribution in [0.5, 0.6) is 0 Å². The first kappa shape index (κ1) is 127. The summed E-state index contributed by atoms with van der Waals surface area (Å²) in [6.45, 7) is 1.88. The van der Waals surface area contributed by atoms with Crippen molar-refractivity contribution in [3.63, 3.8) is 0 Å². The van der Waals surface area contributed by atoms with Gasteiger partial charge in [-0.3, -0.25) is 62.4 Å². The number of aliphatic carboxylic acids is 5. The lowest BCUT2D eigenvalue weighted by Crippen LogP contribution is -2.41. The summed E-state index contributed by atoms with van der Waals surface area (Å²) in [6.07, 6.45) is 35.8. The number of nitrogens with one attached hydrogen (secondary N) is 5. The number of hydrogen-bond acceptors (Lipinski definition) is 26. The van der Waals surface area contributed by atoms with Crippen LogP contribution in [0.25, 0.3) is 0 Å². The van der Waals surface area contributed by atoms with E-state index in [2.05, 4.69) is 36.6 Å². The van der Waals surface area contributed by atoms with E-state index in [0.717, 1.165) is 101 Å². The molecule has 0 fully saturated rings. The molecular weight excluding hydrogens is 1680 g/mol. The number of alkyl halides is 3. The highest BCUT2D eigenvalue weighted by Crippen LogP contribution is 2.19. The predicted octanol–water partition coefficient (Wildman–Crippen LogP) is 11.8. The van der Waals surface area contributed by atoms with Gasteiger partial charge < -0.3 is 75.9 Å². The number of ketones is 4. The number of unbranched alkanes of at least 4 members (excludes halogenated alkanes) is 26. The highest BCUT2D eigenvalue weighted by Gasteiger charge is 2.38. The van der Waals surface area contributed by atoms with Crippen LogP contribution < -0.4 is 32.5 Å². The van der Waals surface area contributed by atoms with Gasteiger partial charge >= 0.3 is 36.0 Å². The van der Waals surface area contributed by atoms with Crippen LogP contribution in [0.4, 0.5) is 13.2 Å². The van der Waals surface area contributed by atoms with E-state index in [4.69, 9.17) is 49.8 Å². The lowest BCUT2D eigenvalue weighted by Gasteiger charge is -2.14. The van der Waals surface area contributed by atoms with Crippen LogP contribution >= 0.6 is 47.0 Å². The lowest BCUT2D eigenvalue weighted by molar-refractivity contribution is -0.192. The third-order valence-corrected chi connectivity index (χ3v) is 19.8. The summed E-state index contributed by atoms with van der Waals surface area (Å²) in [5, 5.41) is 60.6. The number of hydrogen-bond donors (Lipinski definition) is 11. The summed E-state index contributed by atoms with van der Waals surface area (Å²) < 4.78 is 53.0. The van der Waals surface area contributed by atoms with Gasteiger partial charge in [0.25, 0.3) is 5.91 Å². The predicted molar refractivity (Wildman–Crippen MR) is 474 cm³/mol. The van der Waals surface area contributed by atoms with Gasteiger partial charge in [-0.2, -0.15) is 60.2 Å². The number of carboxylic acid groups (broad SMARTS) is 5. The maximum Gasteiger partial charge on any atom is 0.490 e. The van der Waals surface area contributed by atoms with Gasteiger partial charge in [-0.05, 0) is 76.4 Å². The van der Waals surface area contributed by atoms with Crippen LogP contribution in [0.2, 0.25) is 0 Å². The van der Waals surface area contributed by atoms with Gasteiger partial charge in [0.2, 0.25) is 23.6 Å². The molecule has 5 amide bonds. The second-order valence-electron chi connectivity index (χ2n) is 28.3. The van der Waals surface area contributed by atoms with Crippen LogP contribution in [0.1, 0.15) is 271 Å². The first-order valence-corrected chi connectivity index (χ1v) is 47.4. The number of rotatable bonds is 82. The van der Waals surface area contributed by atoms with Crippen molar-refractivity contribution < 1.29 is 134 Å². The van der Waals surface area contributed by atoms with Gasteiger partial charge in [-0.1, -0.05) is 167 Å². The number of Topliss-reactive ketones (excluding diaryl/α,β-unsaturated/α-hetero) is 4. The molecule has 12 N–H and O–H groups in total. The number of amides is 5. The highest BCUT2D eigenvalue weighted by molar-refractivity contribution is 8.01. The molecule has 3 radical (unpaired) electrons. The number of carbonyl (C=O) groups excluding carboxylic acids is 9. The first-order valence-electron chi connectivity index (χ1n) is 41.9. The summed E-state index contributed by atoms with van der Waals surface area (Å²) >= 11 is 6.44. The van der Waals surface area contributed by atoms with Crippen molar-refractivity contribution >= 4 is 144 Å². The second kappa shape index (κ2) is 94.0. The van der Waals surface area contributed by atoms with Crippen molar-refractivity contribution in [1.82, 2.24) is 26.6 Å². The van der Waals surface area contributed by atoms with Crippen LogP contribution in [0, 0.1) is 5.92 Å². The van der Waals surface area contributed by atoms with Crippen molar-refractivity contribution in [2.24, 2.45) is 17.0 Å². The van der Waals surface area contributed by atoms with Crippen LogP contribution in [-0.2, 0) is 95.7 Å². The van der Waals surface area contributed by atoms with Gasteiger partial charge in [0.05, 0.1) is 62.8 Å². The maximum absolute atomic E-state index is 12.4. The van der Waals surface area contributed by atoms with Crippen molar-refractivity contribution in [3.05, 3.63) is 0 Å². The summed E-state index contributed by atoms with van der Waals surface area (Å²) in [6, 6.07) is -1.13. The molecule has 0 heterocycles. The zero-order chi connectivity index (χ0) is 90.3. The van der Waals surface area contributed by atoms with Crippen molar-refractivity contribution in [3.8, 4) is 0 Å². The van der Waals surface area contributed by atoms with Gasteiger partial charge in [-0.15, -0.1) is 0 Å². The van der Waals surface area contributed by atoms with E-state index in [1.165, 1.54) is 89.9 Å². The molecule has 32 nitrogen and oxygen atoms in total. The van der Waals surface area contributed by atoms with Crippen molar-refractivity contribution in [2.75, 3.05) is 140 Å². The van der Waals surface area contributed by atoms with Crippen LogP contribution in [0.15, 0.2) is 5.16 Å². The molecule has 709 valence electrons. The summed E-state index contributed by atoms with van der Waals surface area (Å²) in [5.74, 6) is -1.22. The van der Waals surface area contributed by atoms with E-state index >= 15 is 0 Å². The number of carboxylic acids is 5. The minimum absolute atomic E-state index is 0. The van der Waals surface area contributed by atoms with E-state index in [-0.39, 0.29) is 206 Å². The fourth-order valence-corrected chi connectivity index (χ4v) is 13.1. The number of nitrogens with two attached hydrogens (primary N) is 1. The average molecular weight is 1830 g/mol. The Labute approximate surface area is 740 Å². The minimum atomic E-state index is -5.08. The smallest absolute Gasteiger partial charge is 0.481 e. The number of thioether (sulfide) groups is 4. The Balaban J connectivity index is -0.000000465. The fraction of sp³-hybridized carbons (Fsp3) is 0.817. The molecule has 2 atom stereocenters. The Bertz CT molecular complexity index is 2750. The summed E-state index contributed by atoms with van der Waals surface area (Å²) in [7, 11) is 0. The Kier molecular flexibility index (Phi) is 97.6. The maximum atomic E-state index is 12.4. The summed E-state index contributed by atoms with van der Waals surface area (Å²) in [4.78, 5) is 169. The van der Waals surface area contributed by atoms with Gasteiger partial charge in [0.15, 0.2) is 24.0 Å². The van der Waals surface area contributed by atoms with E-state index in [1.807, 2.05) is 25.0 Å². The number of ether oxygens (including phenoxy) is 4. The number of oxime groups is 1. The molecule has 0 saturated heterocycles. The number of nitrogens with zero attached hydrogens (tertiary/aromatic N) is 1. The summed E-state index contributed by atoms with van der Waals surface area (Å²) in [5.41, 5.74) is 0.879. The van der Waals surface area contributed by atoms with E-state index in [0.29, 0.717) is 56.1 Å². The molecule has 0 bridgehead atoms. The van der Waals surface area contributed by atoms with Crippen molar-refractivity contribution in [1.29, 1.82) is 0 Å². The lowest BCUT2D eigenvalue weighted by atomic mass is 9.94. The van der Waals surface area contributed by atoms with Crippen molar-refractivity contribution in [2.45, 2.75) is 283 Å². The third-order valence-electron chi connectivity index (χ3n) is 17.4. The Hall–Kier alpha value is -6.14. The van der Waals surface area contributed by atoms with E-state index in [9.17, 15) is 85.7 Å². The largest absolute Gasteiger partial charge is 0.490 e. The first-order chi connectivity index (χ1) is 57.5. The van der Waals surface area contributed by atoms with E-state index < -0.39 is 48.0 Å². The molecule has 0 aromatic heterocycles. The highest BCUT2D eigenvalue weighted by atomic mass is 32.2. The Morgan fingerprint density at radius 2 is 0.697 bits per heavy atom. The molecule has 0 rings (SSSR count). The van der Waals surface area contributed by atoms with Gasteiger partial charge in [-0.25, -0.2) is 15.5 Å². The molecular formula is C82H148BF3N7O25S4. The molecule has 0 unspecified atom stereocenters. The monoisotopic (exact) mass is 1830 g/mol. The zero-order valence-corrected chi connectivity index (χ0v) is 75.4. The third kappa shape index (κ3) is 99.3. The molecule has 0 saturated carbocycles. The molecule has 40 heteroatoms. The molecule has 0 aliphatic carbocycles. The standard InChI is InChI=1S/C40H71N3O11S2.C34H62N4O11.C5H10OS2.C2HF3O2.CH4.B/c1-55-31-34(32-56-2)43-54-30-38(47)41-23-17-19-36(45)29-53-27-26-52-25-24-42-37(46)22-21-33(40(50)51)28-35(44)18-15-13-11-9-7-5-3-4-6-8-10-12-14-16-20-39(48)49;35-49-26-28(39)16-15-21-36-32(42)27-48-25-24-47-23-22-37-30(40)20-19-29(34(45)46)38-31(41)17-13-11-9-7-5-3-1-2-4-6-8-10-12-14-18-33(43)44;1-7-3-5(6)4-8-2;3-2(4,5)1(6)7;;/h33H,3-32H2,1-2H3,(H,41,47)(H,42,46)(H,48,49)(H,50,51);29H,1-27,35H2,(H,36,42)(H,37,40)(H,38,41)(H,43,44)(H,45,46);3-4H2,1-2H3;(H,6,7);1H4;/t33-;29-;;;;/m10..../s1. The molecule has 0 aromatic carbocycles. The zero-order valence-electron chi connectivity index (χ0n) is 72.1. The second-order valence-corrected chi connectivity index (χ2v) is 31.8. The van der Waals surface area contributed by atoms with Gasteiger partial charge in [0.1, 0.15) is 31.6 Å². The minimum Gasteiger partial charge on any atom is -0.481 e. The molecule has 122 heavy (non-hydrogen) atoms. The molecule has 0 aliphatic rings. The number of halogens is 3. The Morgan fingerprint density at radius 1 is 0.361 bits per heavy atom. The fourth-order valence-electron chi connectivity index (χ4n) is 11.0. The normalized spacial score (nSPS) is 11.1. The SMILES string of the molecule is C.CSCC(=O)CSC.CSCC(CSC)=NOCC(=O)NCCCC(=O)COCCOCCNC(=O)CC[C@H](CC(=O)CCCCCCCCCCCCCCCCC(=O)O)C(=O)O.NOCC(=O)CCCNC(=O)COCCOCCNC(=O)CC[C@H](NC(=O)CCCCCCCCCCCCCCCCC(=O)O)C(=O)O.O=C(O)C(F)(F)F.[B]. The molecule has 0 aromatic rings. The van der Waals surface area contributed by atoms with E-state index in [1.54, 1.807) is 47.0 Å². The number of carbonyl (C=O) groups is 14. The Morgan fingerprint density at radius 3 is 1.07 bits per heavy atom. The van der Waals surface area contributed by atoms with Crippen LogP contribution in [0.3, 0.4) is 0 Å². The molecule has 0 aliphatic heterocycles.